The zero-order chi connectivity index (χ0) is 15.2. The molecule has 1 fully saturated rings. The Bertz CT molecular complexity index is 569. The number of aliphatic hydroxyl groups excluding tert-OH is 1. The fraction of sp³-hybridized carbons (Fsp3) is 0.438. The summed E-state index contributed by atoms with van der Waals surface area (Å²) in [6, 6.07) is 4.28. The van der Waals surface area contributed by atoms with Crippen molar-refractivity contribution >= 4 is 5.91 Å². The molecule has 1 aromatic carbocycles. The SMILES string of the molecule is CCN1CCN(C(=O)c2ccc(C#CCO)c(F)c2)CC1. The van der Waals surface area contributed by atoms with Gasteiger partial charge in [0, 0.05) is 31.7 Å². The highest BCUT2D eigenvalue weighted by Crippen LogP contribution is 2.13. The molecule has 0 saturated carbocycles. The third kappa shape index (κ3) is 3.81. The topological polar surface area (TPSA) is 43.8 Å². The molecule has 0 aromatic heterocycles. The first kappa shape index (κ1) is 15.5. The van der Waals surface area contributed by atoms with Crippen molar-refractivity contribution < 1.29 is 14.3 Å². The van der Waals surface area contributed by atoms with Crippen molar-refractivity contribution in [3.8, 4) is 11.8 Å². The van der Waals surface area contributed by atoms with Crippen LogP contribution < -0.4 is 0 Å². The molecule has 1 aliphatic heterocycles. The highest BCUT2D eigenvalue weighted by atomic mass is 19.1. The molecule has 1 heterocycles. The molecule has 1 amide bonds. The molecule has 0 spiro atoms. The number of carbonyl (C=O) groups excluding carboxylic acids is 1. The maximum absolute atomic E-state index is 13.9. The lowest BCUT2D eigenvalue weighted by atomic mass is 10.1. The van der Waals surface area contributed by atoms with E-state index in [9.17, 15) is 9.18 Å². The third-order valence-corrected chi connectivity index (χ3v) is 3.62. The van der Waals surface area contributed by atoms with Gasteiger partial charge in [0.1, 0.15) is 12.4 Å². The number of rotatable bonds is 2. The molecule has 4 nitrogen and oxygen atoms in total. The van der Waals surface area contributed by atoms with Crippen molar-refractivity contribution in [2.75, 3.05) is 39.3 Å². The number of benzene rings is 1. The van der Waals surface area contributed by atoms with E-state index in [2.05, 4.69) is 23.7 Å². The van der Waals surface area contributed by atoms with Gasteiger partial charge in [0.05, 0.1) is 5.56 Å². The zero-order valence-electron chi connectivity index (χ0n) is 12.1. The van der Waals surface area contributed by atoms with Crippen LogP contribution in [0.5, 0.6) is 0 Å². The molecular weight excluding hydrogens is 271 g/mol. The Kier molecular flexibility index (Phi) is 5.32. The van der Waals surface area contributed by atoms with E-state index in [1.807, 2.05) is 0 Å². The number of amides is 1. The summed E-state index contributed by atoms with van der Waals surface area (Å²) in [7, 11) is 0. The van der Waals surface area contributed by atoms with E-state index in [4.69, 9.17) is 5.11 Å². The molecular formula is C16H19FN2O2. The molecule has 0 aliphatic carbocycles. The van der Waals surface area contributed by atoms with Crippen LogP contribution in [-0.2, 0) is 0 Å². The summed E-state index contributed by atoms with van der Waals surface area (Å²) in [5.41, 5.74) is 0.531. The lowest BCUT2D eigenvalue weighted by Crippen LogP contribution is -2.48. The van der Waals surface area contributed by atoms with Gasteiger partial charge < -0.3 is 14.9 Å². The summed E-state index contributed by atoms with van der Waals surface area (Å²) < 4.78 is 13.9. The van der Waals surface area contributed by atoms with Crippen LogP contribution in [0, 0.1) is 17.7 Å². The Labute approximate surface area is 124 Å². The number of likely N-dealkylation sites (N-methyl/N-ethyl adjacent to an activating group) is 1. The second-order valence-electron chi connectivity index (χ2n) is 4.88. The van der Waals surface area contributed by atoms with E-state index >= 15 is 0 Å². The second kappa shape index (κ2) is 7.21. The Morgan fingerprint density at radius 2 is 2.05 bits per heavy atom. The minimum absolute atomic E-state index is 0.147. The van der Waals surface area contributed by atoms with Crippen molar-refractivity contribution in [1.82, 2.24) is 9.80 Å². The predicted octanol–water partition coefficient (Wildman–Crippen LogP) is 0.947. The van der Waals surface area contributed by atoms with Crippen LogP contribution >= 0.6 is 0 Å². The van der Waals surface area contributed by atoms with Gasteiger partial charge in [-0.1, -0.05) is 18.8 Å². The summed E-state index contributed by atoms with van der Waals surface area (Å²) in [6.07, 6.45) is 0. The minimum Gasteiger partial charge on any atom is -0.384 e. The molecule has 0 unspecified atom stereocenters. The minimum atomic E-state index is -0.533. The van der Waals surface area contributed by atoms with Crippen molar-refractivity contribution in [3.63, 3.8) is 0 Å². The second-order valence-corrected chi connectivity index (χ2v) is 4.88. The molecule has 1 aliphatic rings. The molecule has 5 heteroatoms. The number of hydrogen-bond acceptors (Lipinski definition) is 3. The Balaban J connectivity index is 2.08. The van der Waals surface area contributed by atoms with Gasteiger partial charge >= 0.3 is 0 Å². The fourth-order valence-corrected chi connectivity index (χ4v) is 2.33. The van der Waals surface area contributed by atoms with E-state index in [0.717, 1.165) is 19.6 Å². The number of carbonyl (C=O) groups is 1. The molecule has 2 rings (SSSR count). The van der Waals surface area contributed by atoms with Gasteiger partial charge in [-0.15, -0.1) is 0 Å². The normalized spacial score (nSPS) is 15.5. The van der Waals surface area contributed by atoms with Crippen molar-refractivity contribution in [1.29, 1.82) is 0 Å². The van der Waals surface area contributed by atoms with Crippen LogP contribution in [0.3, 0.4) is 0 Å². The van der Waals surface area contributed by atoms with Crippen molar-refractivity contribution in [2.24, 2.45) is 0 Å². The number of nitrogens with zero attached hydrogens (tertiary/aromatic N) is 2. The van der Waals surface area contributed by atoms with Gasteiger partial charge in [0.15, 0.2) is 0 Å². The van der Waals surface area contributed by atoms with Crippen LogP contribution in [0.1, 0.15) is 22.8 Å². The molecule has 1 saturated heterocycles. The Morgan fingerprint density at radius 3 is 2.62 bits per heavy atom. The predicted molar refractivity (Wildman–Crippen MR) is 78.4 cm³/mol. The molecule has 1 N–H and O–H groups in total. The zero-order valence-corrected chi connectivity index (χ0v) is 12.1. The summed E-state index contributed by atoms with van der Waals surface area (Å²) in [5.74, 6) is 4.23. The van der Waals surface area contributed by atoms with Gasteiger partial charge in [-0.3, -0.25) is 4.79 Å². The maximum atomic E-state index is 13.9. The smallest absolute Gasteiger partial charge is 0.254 e. The van der Waals surface area contributed by atoms with Gasteiger partial charge in [0.2, 0.25) is 0 Å². The first-order chi connectivity index (χ1) is 10.2. The first-order valence-corrected chi connectivity index (χ1v) is 7.06. The van der Waals surface area contributed by atoms with Crippen molar-refractivity contribution in [2.45, 2.75) is 6.92 Å². The molecule has 112 valence electrons. The molecule has 0 bridgehead atoms. The van der Waals surface area contributed by atoms with Crippen LogP contribution in [0.2, 0.25) is 0 Å². The highest BCUT2D eigenvalue weighted by molar-refractivity contribution is 5.94. The van der Waals surface area contributed by atoms with E-state index in [1.54, 1.807) is 11.0 Å². The lowest BCUT2D eigenvalue weighted by Gasteiger charge is -2.34. The van der Waals surface area contributed by atoms with Gasteiger partial charge in [-0.2, -0.15) is 0 Å². The monoisotopic (exact) mass is 290 g/mol. The van der Waals surface area contributed by atoms with Gasteiger partial charge in [-0.25, -0.2) is 4.39 Å². The molecule has 0 atom stereocenters. The summed E-state index contributed by atoms with van der Waals surface area (Å²) in [6.45, 7) is 5.80. The van der Waals surface area contributed by atoms with Crippen molar-refractivity contribution in [3.05, 3.63) is 35.1 Å². The summed E-state index contributed by atoms with van der Waals surface area (Å²) >= 11 is 0. The van der Waals surface area contributed by atoms with E-state index in [1.165, 1.54) is 12.1 Å². The summed E-state index contributed by atoms with van der Waals surface area (Å²) in [5, 5.41) is 8.61. The van der Waals surface area contributed by atoms with E-state index in [-0.39, 0.29) is 18.1 Å². The standard InChI is InChI=1S/C16H19FN2O2/c1-2-18-7-9-19(10-8-18)16(21)14-6-5-13(4-3-11-20)15(17)12-14/h5-6,12,20H,2,7-11H2,1H3. The quantitative estimate of drug-likeness (QED) is 0.825. The molecule has 0 radical (unpaired) electrons. The van der Waals surface area contributed by atoms with Crippen LogP contribution in [0.25, 0.3) is 0 Å². The molecule has 21 heavy (non-hydrogen) atoms. The average molecular weight is 290 g/mol. The molecule has 1 aromatic rings. The van der Waals surface area contributed by atoms with Crippen LogP contribution in [0.15, 0.2) is 18.2 Å². The third-order valence-electron chi connectivity index (χ3n) is 3.62. The average Bonchev–Trinajstić information content (AvgIpc) is 2.53. The number of halogens is 1. The van der Waals surface area contributed by atoms with Gasteiger partial charge in [-0.05, 0) is 24.7 Å². The highest BCUT2D eigenvalue weighted by Gasteiger charge is 2.21. The van der Waals surface area contributed by atoms with Gasteiger partial charge in [0.25, 0.3) is 5.91 Å². The summed E-state index contributed by atoms with van der Waals surface area (Å²) in [4.78, 5) is 16.4. The number of hydrogen-bond donors (Lipinski definition) is 1. The number of piperazine rings is 1. The van der Waals surface area contributed by atoms with E-state index in [0.29, 0.717) is 18.7 Å². The fourth-order valence-electron chi connectivity index (χ4n) is 2.33. The van der Waals surface area contributed by atoms with Crippen LogP contribution in [0.4, 0.5) is 4.39 Å². The first-order valence-electron chi connectivity index (χ1n) is 7.06. The largest absolute Gasteiger partial charge is 0.384 e. The Morgan fingerprint density at radius 1 is 1.33 bits per heavy atom. The van der Waals surface area contributed by atoms with E-state index < -0.39 is 5.82 Å². The number of aliphatic hydroxyl groups is 1. The Hall–Kier alpha value is -1.90. The lowest BCUT2D eigenvalue weighted by molar-refractivity contribution is 0.0643. The maximum Gasteiger partial charge on any atom is 0.254 e. The van der Waals surface area contributed by atoms with Crippen LogP contribution in [-0.4, -0.2) is 60.1 Å².